The van der Waals surface area contributed by atoms with Gasteiger partial charge in [0.2, 0.25) is 11.8 Å². The number of amides is 2. The van der Waals surface area contributed by atoms with Crippen molar-refractivity contribution in [1.82, 2.24) is 14.7 Å². The molecule has 3 fully saturated rings. The van der Waals surface area contributed by atoms with E-state index < -0.39 is 5.60 Å². The van der Waals surface area contributed by atoms with Gasteiger partial charge in [-0.1, -0.05) is 6.42 Å². The highest BCUT2D eigenvalue weighted by Crippen LogP contribution is 2.33. The van der Waals surface area contributed by atoms with Crippen LogP contribution < -0.4 is 0 Å². The smallest absolute Gasteiger partial charge is 0.219 e. The van der Waals surface area contributed by atoms with Crippen LogP contribution in [0.2, 0.25) is 0 Å². The molecule has 3 heterocycles. The van der Waals surface area contributed by atoms with Crippen LogP contribution in [-0.4, -0.2) is 82.5 Å². The molecule has 3 aliphatic heterocycles. The first-order valence-electron chi connectivity index (χ1n) is 9.85. The Morgan fingerprint density at radius 3 is 2.28 bits per heavy atom. The summed E-state index contributed by atoms with van der Waals surface area (Å²) in [7, 11) is 0. The Morgan fingerprint density at radius 2 is 1.64 bits per heavy atom. The van der Waals surface area contributed by atoms with Crippen LogP contribution in [0, 0.1) is 5.92 Å². The number of piperidine rings is 2. The van der Waals surface area contributed by atoms with Crippen LogP contribution in [0.15, 0.2) is 0 Å². The zero-order valence-electron chi connectivity index (χ0n) is 15.7. The van der Waals surface area contributed by atoms with Gasteiger partial charge in [0.15, 0.2) is 0 Å². The van der Waals surface area contributed by atoms with Gasteiger partial charge in [0.1, 0.15) is 0 Å². The second-order valence-corrected chi connectivity index (χ2v) is 8.28. The van der Waals surface area contributed by atoms with Gasteiger partial charge in [-0.2, -0.15) is 0 Å². The molecule has 3 saturated heterocycles. The van der Waals surface area contributed by atoms with E-state index in [2.05, 4.69) is 4.90 Å². The molecule has 2 amide bonds. The summed E-state index contributed by atoms with van der Waals surface area (Å²) in [5.41, 5.74) is -0.682. The van der Waals surface area contributed by atoms with Crippen LogP contribution in [-0.2, 0) is 9.59 Å². The van der Waals surface area contributed by atoms with Crippen molar-refractivity contribution in [3.63, 3.8) is 0 Å². The molecule has 3 aliphatic rings. The van der Waals surface area contributed by atoms with E-state index in [1.807, 2.05) is 9.80 Å². The number of aliphatic hydroxyl groups is 1. The van der Waals surface area contributed by atoms with Gasteiger partial charge in [-0.15, -0.1) is 0 Å². The summed E-state index contributed by atoms with van der Waals surface area (Å²) in [6.45, 7) is 8.04. The summed E-state index contributed by atoms with van der Waals surface area (Å²) in [6.07, 6.45) is 5.91. The van der Waals surface area contributed by atoms with Crippen LogP contribution in [0.5, 0.6) is 0 Å². The molecule has 6 nitrogen and oxygen atoms in total. The minimum Gasteiger partial charge on any atom is -0.388 e. The lowest BCUT2D eigenvalue weighted by molar-refractivity contribution is -0.136. The number of rotatable bonds is 2. The van der Waals surface area contributed by atoms with Gasteiger partial charge in [0, 0.05) is 52.6 Å². The topological polar surface area (TPSA) is 64.1 Å². The average molecular weight is 351 g/mol. The Bertz CT molecular complexity index is 502. The van der Waals surface area contributed by atoms with Crippen molar-refractivity contribution in [1.29, 1.82) is 0 Å². The van der Waals surface area contributed by atoms with E-state index >= 15 is 0 Å². The molecule has 0 spiro atoms. The normalized spacial score (nSPS) is 30.5. The predicted molar refractivity (Wildman–Crippen MR) is 96.0 cm³/mol. The summed E-state index contributed by atoms with van der Waals surface area (Å²) >= 11 is 0. The molecular formula is C19H33N3O3. The van der Waals surface area contributed by atoms with E-state index in [9.17, 15) is 14.7 Å². The maximum Gasteiger partial charge on any atom is 0.219 e. The van der Waals surface area contributed by atoms with Gasteiger partial charge in [0.05, 0.1) is 5.60 Å². The predicted octanol–water partition coefficient (Wildman–Crippen LogP) is 1.08. The average Bonchev–Trinajstić information content (AvgIpc) is 2.76. The van der Waals surface area contributed by atoms with Crippen molar-refractivity contribution in [2.24, 2.45) is 5.92 Å². The monoisotopic (exact) mass is 351 g/mol. The second kappa shape index (κ2) is 7.62. The summed E-state index contributed by atoms with van der Waals surface area (Å²) < 4.78 is 0. The zero-order valence-corrected chi connectivity index (χ0v) is 15.7. The molecule has 1 N–H and O–H groups in total. The number of hydrogen-bond acceptors (Lipinski definition) is 4. The van der Waals surface area contributed by atoms with Crippen molar-refractivity contribution >= 4 is 11.8 Å². The van der Waals surface area contributed by atoms with Crippen molar-refractivity contribution < 1.29 is 14.7 Å². The van der Waals surface area contributed by atoms with Crippen molar-refractivity contribution in [3.8, 4) is 0 Å². The van der Waals surface area contributed by atoms with Crippen molar-refractivity contribution in [3.05, 3.63) is 0 Å². The molecule has 0 aromatic carbocycles. The molecule has 0 aromatic rings. The molecule has 0 aliphatic carbocycles. The third-order valence-electron chi connectivity index (χ3n) is 6.52. The largest absolute Gasteiger partial charge is 0.388 e. The van der Waals surface area contributed by atoms with E-state index in [1.54, 1.807) is 13.8 Å². The van der Waals surface area contributed by atoms with Crippen molar-refractivity contribution in [2.75, 3.05) is 39.3 Å². The van der Waals surface area contributed by atoms with Gasteiger partial charge in [-0.25, -0.2) is 0 Å². The third kappa shape index (κ3) is 4.34. The molecule has 0 aromatic heterocycles. The number of hydrogen-bond donors (Lipinski definition) is 1. The van der Waals surface area contributed by atoms with Crippen molar-refractivity contribution in [2.45, 2.75) is 64.0 Å². The maximum atomic E-state index is 11.7. The maximum absolute atomic E-state index is 11.7. The number of carbonyl (C=O) groups is 2. The molecular weight excluding hydrogens is 318 g/mol. The van der Waals surface area contributed by atoms with Gasteiger partial charge >= 0.3 is 0 Å². The first-order chi connectivity index (χ1) is 11.9. The third-order valence-corrected chi connectivity index (χ3v) is 6.52. The Kier molecular flexibility index (Phi) is 5.68. The van der Waals surface area contributed by atoms with Crippen LogP contribution in [0.3, 0.4) is 0 Å². The quantitative estimate of drug-likeness (QED) is 0.809. The van der Waals surface area contributed by atoms with Gasteiger partial charge in [-0.3, -0.25) is 14.5 Å². The molecule has 0 bridgehead atoms. The minimum absolute atomic E-state index is 0.105. The first kappa shape index (κ1) is 18.6. The summed E-state index contributed by atoms with van der Waals surface area (Å²) in [4.78, 5) is 29.6. The molecule has 25 heavy (non-hydrogen) atoms. The lowest BCUT2D eigenvalue weighted by Gasteiger charge is -2.46. The molecule has 0 radical (unpaired) electrons. The zero-order chi connectivity index (χ0) is 18.0. The van der Waals surface area contributed by atoms with Crippen LogP contribution in [0.1, 0.15) is 52.4 Å². The summed E-state index contributed by atoms with van der Waals surface area (Å²) in [6, 6.07) is 0.480. The molecule has 2 atom stereocenters. The highest BCUT2D eigenvalue weighted by Gasteiger charge is 2.40. The number of nitrogens with zero attached hydrogens (tertiary/aromatic N) is 3. The van der Waals surface area contributed by atoms with Gasteiger partial charge in [-0.05, 0) is 44.6 Å². The van der Waals surface area contributed by atoms with Gasteiger partial charge < -0.3 is 14.9 Å². The summed E-state index contributed by atoms with van der Waals surface area (Å²) in [5.74, 6) is 0.819. The van der Waals surface area contributed by atoms with E-state index in [0.717, 1.165) is 26.1 Å². The molecule has 142 valence electrons. The fourth-order valence-electron chi connectivity index (χ4n) is 4.93. The molecule has 6 heteroatoms. The number of β-amino-alcohol motifs (C(OH)–C–C–N with tert-alkyl or cyclic N) is 1. The number of carbonyl (C=O) groups excluding carboxylic acids is 2. The Labute approximate surface area is 151 Å². The molecule has 0 saturated carbocycles. The first-order valence-corrected chi connectivity index (χ1v) is 9.85. The standard InChI is InChI=1S/C19H33N3O3/c1-15(23)20-11-7-19(25,8-12-20)14-22-9-4-3-5-17-13-21(16(2)24)10-6-18(17)22/h17-18,25H,3-14H2,1-2H3/t17-,18+/m1/s1. The Balaban J connectivity index is 1.63. The molecule has 3 rings (SSSR count). The minimum atomic E-state index is -0.682. The van der Waals surface area contributed by atoms with Crippen LogP contribution in [0.4, 0.5) is 0 Å². The van der Waals surface area contributed by atoms with Gasteiger partial charge in [0.25, 0.3) is 0 Å². The lowest BCUT2D eigenvalue weighted by Crippen LogP contribution is -2.57. The highest BCUT2D eigenvalue weighted by atomic mass is 16.3. The number of fused-ring (bicyclic) bond motifs is 1. The van der Waals surface area contributed by atoms with E-state index in [1.165, 1.54) is 19.3 Å². The lowest BCUT2D eigenvalue weighted by atomic mass is 9.86. The number of likely N-dealkylation sites (tertiary alicyclic amines) is 3. The fourth-order valence-corrected chi connectivity index (χ4v) is 4.93. The SMILES string of the molecule is CC(=O)N1CCC(O)(CN2CCCC[C@@H]3CN(C(C)=O)CC[C@@H]32)CC1. The Morgan fingerprint density at radius 1 is 0.960 bits per heavy atom. The van der Waals surface area contributed by atoms with Crippen LogP contribution in [0.25, 0.3) is 0 Å². The fraction of sp³-hybridized carbons (Fsp3) is 0.895. The van der Waals surface area contributed by atoms with E-state index in [-0.39, 0.29) is 11.8 Å². The van der Waals surface area contributed by atoms with Crippen LogP contribution >= 0.6 is 0 Å². The highest BCUT2D eigenvalue weighted by molar-refractivity contribution is 5.73. The molecule has 0 unspecified atom stereocenters. The van der Waals surface area contributed by atoms with E-state index in [0.29, 0.717) is 44.4 Å². The second-order valence-electron chi connectivity index (χ2n) is 8.28. The van der Waals surface area contributed by atoms with E-state index in [4.69, 9.17) is 0 Å². The Hall–Kier alpha value is -1.14. The summed E-state index contributed by atoms with van der Waals surface area (Å²) in [5, 5.41) is 11.1.